The molecule has 1 aromatic carbocycles. The number of rotatable bonds is 3. The lowest BCUT2D eigenvalue weighted by molar-refractivity contribution is 0.397. The Kier molecular flexibility index (Phi) is 3.02. The molecule has 2 aromatic heterocycles. The van der Waals surface area contributed by atoms with Crippen LogP contribution in [0.2, 0.25) is 0 Å². The zero-order valence-corrected chi connectivity index (χ0v) is 11.5. The highest BCUT2D eigenvalue weighted by molar-refractivity contribution is 5.81. The average molecular weight is 268 g/mol. The number of aryl methyl sites for hydroxylation is 1. The first-order chi connectivity index (χ1) is 9.69. The summed E-state index contributed by atoms with van der Waals surface area (Å²) in [6.45, 7) is 2.68. The van der Waals surface area contributed by atoms with Gasteiger partial charge in [-0.25, -0.2) is 9.97 Å². The van der Waals surface area contributed by atoms with Crippen molar-refractivity contribution in [3.8, 4) is 5.88 Å². The van der Waals surface area contributed by atoms with Gasteiger partial charge in [0.25, 0.3) is 0 Å². The van der Waals surface area contributed by atoms with Gasteiger partial charge in [-0.1, -0.05) is 12.1 Å². The molecule has 0 aliphatic heterocycles. The van der Waals surface area contributed by atoms with Gasteiger partial charge in [0, 0.05) is 12.3 Å². The van der Waals surface area contributed by atoms with Gasteiger partial charge in [-0.2, -0.15) is 0 Å². The van der Waals surface area contributed by atoms with E-state index in [4.69, 9.17) is 10.5 Å². The topological polar surface area (TPSA) is 66.0 Å². The molecule has 0 unspecified atom stereocenters. The fourth-order valence-corrected chi connectivity index (χ4v) is 2.31. The SMILES string of the molecule is COc1cc(Cn2c(N)nc3c(C)cccc32)ccn1. The van der Waals surface area contributed by atoms with E-state index in [0.29, 0.717) is 18.4 Å². The van der Waals surface area contributed by atoms with Crippen LogP contribution in [-0.4, -0.2) is 21.6 Å². The van der Waals surface area contributed by atoms with Crippen LogP contribution < -0.4 is 10.5 Å². The fourth-order valence-electron chi connectivity index (χ4n) is 2.31. The normalized spacial score (nSPS) is 10.9. The van der Waals surface area contributed by atoms with E-state index < -0.39 is 0 Å². The summed E-state index contributed by atoms with van der Waals surface area (Å²) in [5.74, 6) is 1.12. The molecule has 0 bridgehead atoms. The molecule has 0 amide bonds. The van der Waals surface area contributed by atoms with Gasteiger partial charge in [0.05, 0.1) is 24.7 Å². The maximum absolute atomic E-state index is 6.05. The molecule has 0 aliphatic rings. The first-order valence-electron chi connectivity index (χ1n) is 6.39. The Balaban J connectivity index is 2.06. The van der Waals surface area contributed by atoms with E-state index in [1.807, 2.05) is 41.8 Å². The van der Waals surface area contributed by atoms with Gasteiger partial charge in [-0.05, 0) is 30.2 Å². The molecule has 0 fully saturated rings. The summed E-state index contributed by atoms with van der Waals surface area (Å²) < 4.78 is 7.14. The number of pyridine rings is 1. The van der Waals surface area contributed by atoms with Gasteiger partial charge < -0.3 is 15.0 Å². The van der Waals surface area contributed by atoms with Crippen molar-refractivity contribution in [2.45, 2.75) is 13.5 Å². The highest BCUT2D eigenvalue weighted by atomic mass is 16.5. The van der Waals surface area contributed by atoms with Crippen LogP contribution in [0.3, 0.4) is 0 Å². The Morgan fingerprint density at radius 3 is 2.95 bits per heavy atom. The second kappa shape index (κ2) is 4.85. The van der Waals surface area contributed by atoms with Gasteiger partial charge in [0.1, 0.15) is 0 Å². The third-order valence-electron chi connectivity index (χ3n) is 3.36. The van der Waals surface area contributed by atoms with Crippen LogP contribution in [-0.2, 0) is 6.54 Å². The van der Waals surface area contributed by atoms with Gasteiger partial charge in [0.15, 0.2) is 0 Å². The van der Waals surface area contributed by atoms with Crippen molar-refractivity contribution in [2.75, 3.05) is 12.8 Å². The van der Waals surface area contributed by atoms with Crippen molar-refractivity contribution in [2.24, 2.45) is 0 Å². The fraction of sp³-hybridized carbons (Fsp3) is 0.200. The van der Waals surface area contributed by atoms with Crippen LogP contribution in [0.4, 0.5) is 5.95 Å². The van der Waals surface area contributed by atoms with E-state index >= 15 is 0 Å². The lowest BCUT2D eigenvalue weighted by Gasteiger charge is -2.08. The molecule has 20 heavy (non-hydrogen) atoms. The van der Waals surface area contributed by atoms with Gasteiger partial charge in [-0.3, -0.25) is 0 Å². The average Bonchev–Trinajstić information content (AvgIpc) is 2.78. The molecule has 2 N–H and O–H groups in total. The minimum atomic E-state index is 0.519. The third-order valence-corrected chi connectivity index (χ3v) is 3.36. The number of methoxy groups -OCH3 is 1. The van der Waals surface area contributed by atoms with Crippen LogP contribution in [0.1, 0.15) is 11.1 Å². The molecule has 0 atom stereocenters. The third kappa shape index (κ3) is 2.07. The van der Waals surface area contributed by atoms with E-state index in [1.54, 1.807) is 13.3 Å². The molecule has 0 spiro atoms. The van der Waals surface area contributed by atoms with Crippen LogP contribution in [0.15, 0.2) is 36.5 Å². The number of nitrogens with two attached hydrogens (primary N) is 1. The van der Waals surface area contributed by atoms with Crippen molar-refractivity contribution in [1.82, 2.24) is 14.5 Å². The highest BCUT2D eigenvalue weighted by Crippen LogP contribution is 2.22. The Morgan fingerprint density at radius 2 is 2.15 bits per heavy atom. The van der Waals surface area contributed by atoms with Crippen LogP contribution in [0.25, 0.3) is 11.0 Å². The standard InChI is InChI=1S/C15H16N4O/c1-10-4-3-5-12-14(10)18-15(16)19(12)9-11-6-7-17-13(8-11)20-2/h3-8H,9H2,1-2H3,(H2,16,18). The first kappa shape index (κ1) is 12.5. The Morgan fingerprint density at radius 1 is 1.30 bits per heavy atom. The van der Waals surface area contributed by atoms with Crippen LogP contribution in [0, 0.1) is 6.92 Å². The van der Waals surface area contributed by atoms with E-state index in [-0.39, 0.29) is 0 Å². The van der Waals surface area contributed by atoms with Crippen molar-refractivity contribution < 1.29 is 4.74 Å². The van der Waals surface area contributed by atoms with E-state index in [9.17, 15) is 0 Å². The van der Waals surface area contributed by atoms with Crippen LogP contribution in [0.5, 0.6) is 5.88 Å². The number of fused-ring (bicyclic) bond motifs is 1. The summed E-state index contributed by atoms with van der Waals surface area (Å²) in [5.41, 5.74) is 10.2. The molecular formula is C15H16N4O. The van der Waals surface area contributed by atoms with Crippen molar-refractivity contribution in [3.63, 3.8) is 0 Å². The number of nitrogen functional groups attached to an aromatic ring is 1. The van der Waals surface area contributed by atoms with Crippen LogP contribution >= 0.6 is 0 Å². The molecule has 0 aliphatic carbocycles. The molecule has 5 nitrogen and oxygen atoms in total. The number of hydrogen-bond acceptors (Lipinski definition) is 4. The number of imidazole rings is 1. The minimum Gasteiger partial charge on any atom is -0.481 e. The summed E-state index contributed by atoms with van der Waals surface area (Å²) >= 11 is 0. The lowest BCUT2D eigenvalue weighted by Crippen LogP contribution is -2.05. The van der Waals surface area contributed by atoms with Crippen molar-refractivity contribution >= 4 is 17.0 Å². The Bertz CT molecular complexity index is 764. The lowest BCUT2D eigenvalue weighted by atomic mass is 10.2. The molecule has 0 saturated carbocycles. The molecule has 0 radical (unpaired) electrons. The number of benzene rings is 1. The second-order valence-electron chi connectivity index (χ2n) is 4.71. The maximum Gasteiger partial charge on any atom is 0.213 e. The molecule has 102 valence electrons. The summed E-state index contributed by atoms with van der Waals surface area (Å²) in [5, 5.41) is 0. The van der Waals surface area contributed by atoms with Gasteiger partial charge in [-0.15, -0.1) is 0 Å². The zero-order valence-electron chi connectivity index (χ0n) is 11.5. The molecule has 3 aromatic rings. The Labute approximate surface area is 117 Å². The predicted molar refractivity (Wildman–Crippen MR) is 78.8 cm³/mol. The molecule has 5 heteroatoms. The number of nitrogens with zero attached hydrogens (tertiary/aromatic N) is 3. The zero-order chi connectivity index (χ0) is 14.1. The summed E-state index contributed by atoms with van der Waals surface area (Å²) in [6.07, 6.45) is 1.73. The number of anilines is 1. The monoisotopic (exact) mass is 268 g/mol. The molecule has 2 heterocycles. The number of hydrogen-bond donors (Lipinski definition) is 1. The minimum absolute atomic E-state index is 0.519. The van der Waals surface area contributed by atoms with Crippen molar-refractivity contribution in [3.05, 3.63) is 47.7 Å². The number of aromatic nitrogens is 3. The van der Waals surface area contributed by atoms with E-state index in [2.05, 4.69) is 9.97 Å². The second-order valence-corrected chi connectivity index (χ2v) is 4.71. The number of para-hydroxylation sites is 1. The number of ether oxygens (including phenoxy) is 1. The summed E-state index contributed by atoms with van der Waals surface area (Å²) in [6, 6.07) is 9.94. The quantitative estimate of drug-likeness (QED) is 0.792. The van der Waals surface area contributed by atoms with E-state index in [1.165, 1.54) is 0 Å². The highest BCUT2D eigenvalue weighted by Gasteiger charge is 2.10. The first-order valence-corrected chi connectivity index (χ1v) is 6.39. The molecule has 0 saturated heterocycles. The molecule has 3 rings (SSSR count). The predicted octanol–water partition coefficient (Wildman–Crippen LogP) is 2.38. The van der Waals surface area contributed by atoms with Gasteiger partial charge in [0.2, 0.25) is 11.8 Å². The largest absolute Gasteiger partial charge is 0.481 e. The van der Waals surface area contributed by atoms with E-state index in [0.717, 1.165) is 22.2 Å². The Hall–Kier alpha value is -2.56. The maximum atomic E-state index is 6.05. The summed E-state index contributed by atoms with van der Waals surface area (Å²) in [4.78, 5) is 8.55. The molecular weight excluding hydrogens is 252 g/mol. The smallest absolute Gasteiger partial charge is 0.213 e. The summed E-state index contributed by atoms with van der Waals surface area (Å²) in [7, 11) is 1.61. The van der Waals surface area contributed by atoms with Crippen molar-refractivity contribution in [1.29, 1.82) is 0 Å². The van der Waals surface area contributed by atoms with Gasteiger partial charge >= 0.3 is 0 Å².